The molecule has 0 saturated heterocycles. The minimum absolute atomic E-state index is 0.0191. The van der Waals surface area contributed by atoms with Crippen molar-refractivity contribution >= 4 is 29.4 Å². The van der Waals surface area contributed by atoms with E-state index in [-0.39, 0.29) is 11.8 Å². The number of hydrogen-bond donors (Lipinski definition) is 4. The Morgan fingerprint density at radius 3 is 2.63 bits per heavy atom. The summed E-state index contributed by atoms with van der Waals surface area (Å²) in [7, 11) is 1.37. The fourth-order valence-corrected chi connectivity index (χ4v) is 2.76. The maximum atomic E-state index is 13.0. The standard InChI is InChI=1S/C18H21F3N6/c1-23-16-13(18(19,20)21)10-25-17(27-16)26-15-4-2-3-14(12(15)9-22)24-8-7-11-5-6-11/h2-4,9-11,22,24H,5-8H2,1H3,(H2,23,25,26,27). The van der Waals surface area contributed by atoms with Crippen molar-refractivity contribution in [2.75, 3.05) is 29.5 Å². The smallest absolute Gasteiger partial charge is 0.384 e. The van der Waals surface area contributed by atoms with Crippen LogP contribution in [0.4, 0.5) is 36.3 Å². The Morgan fingerprint density at radius 1 is 1.26 bits per heavy atom. The first-order chi connectivity index (χ1) is 12.9. The first-order valence-corrected chi connectivity index (χ1v) is 8.68. The van der Waals surface area contributed by atoms with E-state index in [4.69, 9.17) is 5.41 Å². The van der Waals surface area contributed by atoms with E-state index < -0.39 is 11.7 Å². The zero-order valence-corrected chi connectivity index (χ0v) is 14.8. The average molecular weight is 378 g/mol. The summed E-state index contributed by atoms with van der Waals surface area (Å²) in [5.41, 5.74) is 1.00. The summed E-state index contributed by atoms with van der Waals surface area (Å²) in [5, 5.41) is 16.4. The van der Waals surface area contributed by atoms with E-state index in [1.165, 1.54) is 26.1 Å². The highest BCUT2D eigenvalue weighted by molar-refractivity contribution is 5.94. The Morgan fingerprint density at radius 2 is 2.00 bits per heavy atom. The largest absolute Gasteiger partial charge is 0.421 e. The van der Waals surface area contributed by atoms with Crippen molar-refractivity contribution in [3.05, 3.63) is 35.5 Å². The molecule has 27 heavy (non-hydrogen) atoms. The van der Waals surface area contributed by atoms with E-state index in [0.29, 0.717) is 11.3 Å². The van der Waals surface area contributed by atoms with Crippen LogP contribution in [0.5, 0.6) is 0 Å². The van der Waals surface area contributed by atoms with Crippen LogP contribution in [0.15, 0.2) is 24.4 Å². The molecule has 0 amide bonds. The highest BCUT2D eigenvalue weighted by Gasteiger charge is 2.35. The number of halogens is 3. The molecule has 1 aromatic heterocycles. The van der Waals surface area contributed by atoms with Gasteiger partial charge in [-0.3, -0.25) is 0 Å². The van der Waals surface area contributed by atoms with Gasteiger partial charge in [0.2, 0.25) is 5.95 Å². The Labute approximate surface area is 155 Å². The molecule has 4 N–H and O–H groups in total. The van der Waals surface area contributed by atoms with Gasteiger partial charge in [0.25, 0.3) is 0 Å². The molecule has 0 unspecified atom stereocenters. The number of aromatic nitrogens is 2. The number of benzene rings is 1. The maximum absolute atomic E-state index is 13.0. The van der Waals surface area contributed by atoms with Crippen molar-refractivity contribution < 1.29 is 13.2 Å². The summed E-state index contributed by atoms with van der Waals surface area (Å²) in [5.74, 6) is 0.503. The summed E-state index contributed by atoms with van der Waals surface area (Å²) in [6.07, 6.45) is 1.04. The summed E-state index contributed by atoms with van der Waals surface area (Å²) in [6, 6.07) is 5.40. The van der Waals surface area contributed by atoms with Crippen molar-refractivity contribution in [3.8, 4) is 0 Å². The number of hydrogen-bond acceptors (Lipinski definition) is 6. The summed E-state index contributed by atoms with van der Waals surface area (Å²) in [6.45, 7) is 0.815. The third kappa shape index (κ3) is 4.66. The molecule has 3 rings (SSSR count). The van der Waals surface area contributed by atoms with Crippen molar-refractivity contribution in [2.45, 2.75) is 25.4 Å². The second-order valence-electron chi connectivity index (χ2n) is 6.40. The monoisotopic (exact) mass is 378 g/mol. The molecule has 1 aliphatic carbocycles. The van der Waals surface area contributed by atoms with Crippen LogP contribution in [0, 0.1) is 11.3 Å². The first kappa shape index (κ1) is 18.9. The van der Waals surface area contributed by atoms with Gasteiger partial charge >= 0.3 is 6.18 Å². The lowest BCUT2D eigenvalue weighted by atomic mass is 10.1. The van der Waals surface area contributed by atoms with E-state index in [2.05, 4.69) is 25.9 Å². The van der Waals surface area contributed by atoms with Gasteiger partial charge in [0.1, 0.15) is 11.4 Å². The van der Waals surface area contributed by atoms with Crippen molar-refractivity contribution in [3.63, 3.8) is 0 Å². The predicted molar refractivity (Wildman–Crippen MR) is 100 cm³/mol. The SMILES string of the molecule is CNc1nc(Nc2cccc(NCCC3CC3)c2C=N)ncc1C(F)(F)F. The van der Waals surface area contributed by atoms with E-state index >= 15 is 0 Å². The maximum Gasteiger partial charge on any atom is 0.421 e. The molecule has 1 fully saturated rings. The van der Waals surface area contributed by atoms with Gasteiger partial charge in [-0.25, -0.2) is 4.98 Å². The predicted octanol–water partition coefficient (Wildman–Crippen LogP) is 4.49. The van der Waals surface area contributed by atoms with Crippen molar-refractivity contribution in [2.24, 2.45) is 5.92 Å². The van der Waals surface area contributed by atoms with Crippen LogP contribution in [-0.2, 0) is 6.18 Å². The molecule has 1 saturated carbocycles. The first-order valence-electron chi connectivity index (χ1n) is 8.68. The fraction of sp³-hybridized carbons (Fsp3) is 0.389. The quantitative estimate of drug-likeness (QED) is 0.509. The van der Waals surface area contributed by atoms with Crippen LogP contribution in [0.2, 0.25) is 0 Å². The van der Waals surface area contributed by atoms with Gasteiger partial charge in [0.05, 0.1) is 5.69 Å². The van der Waals surface area contributed by atoms with Gasteiger partial charge in [0.15, 0.2) is 0 Å². The molecule has 1 aliphatic rings. The lowest BCUT2D eigenvalue weighted by molar-refractivity contribution is -0.137. The molecular weight excluding hydrogens is 357 g/mol. The zero-order chi connectivity index (χ0) is 19.4. The van der Waals surface area contributed by atoms with Gasteiger partial charge in [-0.2, -0.15) is 18.2 Å². The Bertz CT molecular complexity index is 817. The zero-order valence-electron chi connectivity index (χ0n) is 14.8. The molecule has 0 atom stereocenters. The lowest BCUT2D eigenvalue weighted by Crippen LogP contribution is -2.13. The second kappa shape index (κ2) is 7.81. The minimum Gasteiger partial charge on any atom is -0.384 e. The topological polar surface area (TPSA) is 85.7 Å². The van der Waals surface area contributed by atoms with E-state index in [1.807, 2.05) is 6.07 Å². The highest BCUT2D eigenvalue weighted by Crippen LogP contribution is 2.34. The van der Waals surface area contributed by atoms with E-state index in [1.54, 1.807) is 12.1 Å². The third-order valence-electron chi connectivity index (χ3n) is 4.39. The number of nitrogens with zero attached hydrogens (tertiary/aromatic N) is 2. The van der Waals surface area contributed by atoms with Crippen LogP contribution in [-0.4, -0.2) is 29.8 Å². The normalized spacial score (nSPS) is 13.9. The van der Waals surface area contributed by atoms with Gasteiger partial charge in [-0.05, 0) is 24.5 Å². The average Bonchev–Trinajstić information content (AvgIpc) is 3.45. The minimum atomic E-state index is -4.54. The van der Waals surface area contributed by atoms with Gasteiger partial charge in [-0.15, -0.1) is 0 Å². The Hall–Kier alpha value is -2.84. The molecule has 2 aromatic rings. The van der Waals surface area contributed by atoms with Crippen LogP contribution >= 0.6 is 0 Å². The summed E-state index contributed by atoms with van der Waals surface area (Å²) >= 11 is 0. The molecule has 144 valence electrons. The Kier molecular flexibility index (Phi) is 5.48. The molecule has 6 nitrogen and oxygen atoms in total. The third-order valence-corrected chi connectivity index (χ3v) is 4.39. The van der Waals surface area contributed by atoms with Crippen molar-refractivity contribution in [1.29, 1.82) is 5.41 Å². The molecule has 0 radical (unpaired) electrons. The van der Waals surface area contributed by atoms with Crippen molar-refractivity contribution in [1.82, 2.24) is 9.97 Å². The van der Waals surface area contributed by atoms with Gasteiger partial charge < -0.3 is 21.4 Å². The molecule has 0 aliphatic heterocycles. The molecule has 1 heterocycles. The second-order valence-corrected chi connectivity index (χ2v) is 6.40. The van der Waals surface area contributed by atoms with Crippen LogP contribution in [0.25, 0.3) is 0 Å². The Balaban J connectivity index is 1.81. The molecule has 0 bridgehead atoms. The van der Waals surface area contributed by atoms with Crippen LogP contribution < -0.4 is 16.0 Å². The van der Waals surface area contributed by atoms with Gasteiger partial charge in [-0.1, -0.05) is 18.9 Å². The number of rotatable bonds is 8. The summed E-state index contributed by atoms with van der Waals surface area (Å²) < 4.78 is 38.9. The fourth-order valence-electron chi connectivity index (χ4n) is 2.76. The van der Waals surface area contributed by atoms with Crippen LogP contribution in [0.1, 0.15) is 30.4 Å². The summed E-state index contributed by atoms with van der Waals surface area (Å²) in [4.78, 5) is 7.67. The van der Waals surface area contributed by atoms with E-state index in [9.17, 15) is 13.2 Å². The number of nitrogens with one attached hydrogen (secondary N) is 4. The van der Waals surface area contributed by atoms with Crippen LogP contribution in [0.3, 0.4) is 0 Å². The molecule has 9 heteroatoms. The van der Waals surface area contributed by atoms with E-state index in [0.717, 1.165) is 30.8 Å². The van der Waals surface area contributed by atoms with Gasteiger partial charge in [0, 0.05) is 37.3 Å². The number of anilines is 4. The molecular formula is C18H21F3N6. The lowest BCUT2D eigenvalue weighted by Gasteiger charge is -2.15. The molecule has 1 aromatic carbocycles. The molecule has 0 spiro atoms. The highest BCUT2D eigenvalue weighted by atomic mass is 19.4. The number of alkyl halides is 3.